The fourth-order valence-corrected chi connectivity index (χ4v) is 2.13. The first-order valence-corrected chi connectivity index (χ1v) is 5.93. The summed E-state index contributed by atoms with van der Waals surface area (Å²) in [6.07, 6.45) is 1.63. The van der Waals surface area contributed by atoms with Gasteiger partial charge in [-0.05, 0) is 6.92 Å². The topological polar surface area (TPSA) is 102 Å². The Balaban J connectivity index is 1.82. The number of nitrogens with zero attached hydrogens (tertiary/aromatic N) is 4. The highest BCUT2D eigenvalue weighted by Crippen LogP contribution is 2.18. The van der Waals surface area contributed by atoms with Gasteiger partial charge in [0.1, 0.15) is 18.5 Å². The molecule has 0 radical (unpaired) electrons. The zero-order chi connectivity index (χ0) is 13.4. The molecule has 0 saturated carbocycles. The molecule has 100 valence electrons. The van der Waals surface area contributed by atoms with Crippen molar-refractivity contribution >= 4 is 11.7 Å². The lowest BCUT2D eigenvalue weighted by Gasteiger charge is -2.13. The van der Waals surface area contributed by atoms with Gasteiger partial charge in [-0.1, -0.05) is 0 Å². The number of carboxylic acid groups (broad SMARTS) is 1. The fraction of sp³-hybridized carbons (Fsp3) is 0.455. The molecule has 0 spiro atoms. The lowest BCUT2D eigenvalue weighted by molar-refractivity contribution is -0.139. The normalized spacial score (nSPS) is 22.8. The second kappa shape index (κ2) is 4.47. The van der Waals surface area contributed by atoms with Crippen LogP contribution in [0.3, 0.4) is 0 Å². The number of rotatable bonds is 3. The molecular formula is C11H13N5O3. The van der Waals surface area contributed by atoms with Crippen LogP contribution in [0.15, 0.2) is 12.4 Å². The maximum atomic E-state index is 10.9. The van der Waals surface area contributed by atoms with Crippen molar-refractivity contribution in [3.63, 3.8) is 0 Å². The van der Waals surface area contributed by atoms with Gasteiger partial charge in [-0.25, -0.2) is 4.98 Å². The van der Waals surface area contributed by atoms with Crippen LogP contribution in [0.1, 0.15) is 12.1 Å². The number of aryl methyl sites for hydroxylation is 1. The van der Waals surface area contributed by atoms with Gasteiger partial charge >= 0.3 is 5.97 Å². The number of ether oxygens (including phenoxy) is 1. The lowest BCUT2D eigenvalue weighted by Crippen LogP contribution is -2.30. The third-order valence-corrected chi connectivity index (χ3v) is 3.02. The van der Waals surface area contributed by atoms with Crippen molar-refractivity contribution in [3.8, 4) is 5.88 Å². The van der Waals surface area contributed by atoms with E-state index in [9.17, 15) is 4.79 Å². The van der Waals surface area contributed by atoms with Gasteiger partial charge in [0.2, 0.25) is 5.88 Å². The average molecular weight is 263 g/mol. The van der Waals surface area contributed by atoms with Crippen molar-refractivity contribution < 1.29 is 14.6 Å². The summed E-state index contributed by atoms with van der Waals surface area (Å²) in [5.74, 6) is 0.136. The number of hydrogen-bond donors (Lipinski definition) is 2. The third kappa shape index (κ3) is 2.22. The van der Waals surface area contributed by atoms with E-state index in [0.29, 0.717) is 24.6 Å². The van der Waals surface area contributed by atoms with E-state index < -0.39 is 12.0 Å². The van der Waals surface area contributed by atoms with Gasteiger partial charge in [-0.2, -0.15) is 14.6 Å². The van der Waals surface area contributed by atoms with E-state index in [1.165, 1.54) is 10.8 Å². The highest BCUT2D eigenvalue weighted by atomic mass is 16.5. The SMILES string of the molecule is Cc1cc(OC2CNC(C(=O)O)C2)n2ncnc2n1. The number of carboxylic acids is 1. The van der Waals surface area contributed by atoms with Crippen molar-refractivity contribution in [1.82, 2.24) is 24.9 Å². The fourth-order valence-electron chi connectivity index (χ4n) is 2.13. The van der Waals surface area contributed by atoms with Gasteiger partial charge in [-0.3, -0.25) is 4.79 Å². The van der Waals surface area contributed by atoms with Crippen LogP contribution < -0.4 is 10.1 Å². The van der Waals surface area contributed by atoms with Crippen molar-refractivity contribution in [2.75, 3.05) is 6.54 Å². The molecule has 2 aromatic rings. The first-order valence-electron chi connectivity index (χ1n) is 5.93. The van der Waals surface area contributed by atoms with E-state index in [-0.39, 0.29) is 6.10 Å². The summed E-state index contributed by atoms with van der Waals surface area (Å²) < 4.78 is 7.30. The first kappa shape index (κ1) is 11.8. The molecule has 3 rings (SSSR count). The number of nitrogens with one attached hydrogen (secondary N) is 1. The smallest absolute Gasteiger partial charge is 0.320 e. The average Bonchev–Trinajstić information content (AvgIpc) is 2.96. The quantitative estimate of drug-likeness (QED) is 0.778. The molecule has 0 aromatic carbocycles. The van der Waals surface area contributed by atoms with Crippen LogP contribution >= 0.6 is 0 Å². The van der Waals surface area contributed by atoms with E-state index in [2.05, 4.69) is 20.4 Å². The summed E-state index contributed by atoms with van der Waals surface area (Å²) in [6, 6.07) is 1.20. The van der Waals surface area contributed by atoms with E-state index in [1.54, 1.807) is 6.07 Å². The molecule has 0 amide bonds. The Kier molecular flexibility index (Phi) is 2.79. The van der Waals surface area contributed by atoms with Crippen LogP contribution in [0.2, 0.25) is 0 Å². The Morgan fingerprint density at radius 3 is 3.21 bits per heavy atom. The van der Waals surface area contributed by atoms with Crippen molar-refractivity contribution in [1.29, 1.82) is 0 Å². The molecule has 1 fully saturated rings. The predicted molar refractivity (Wildman–Crippen MR) is 64.0 cm³/mol. The van der Waals surface area contributed by atoms with Gasteiger partial charge in [0.15, 0.2) is 0 Å². The van der Waals surface area contributed by atoms with Crippen molar-refractivity contribution in [2.24, 2.45) is 0 Å². The molecular weight excluding hydrogens is 250 g/mol. The van der Waals surface area contributed by atoms with Gasteiger partial charge in [0.05, 0.1) is 0 Å². The monoisotopic (exact) mass is 263 g/mol. The van der Waals surface area contributed by atoms with Crippen molar-refractivity contribution in [2.45, 2.75) is 25.5 Å². The zero-order valence-corrected chi connectivity index (χ0v) is 10.3. The molecule has 2 unspecified atom stereocenters. The van der Waals surface area contributed by atoms with Crippen LogP contribution in [-0.4, -0.2) is 49.3 Å². The molecule has 2 atom stereocenters. The summed E-state index contributed by atoms with van der Waals surface area (Å²) in [6.45, 7) is 2.34. The van der Waals surface area contributed by atoms with E-state index in [0.717, 1.165) is 5.69 Å². The Hall–Kier alpha value is -2.22. The Bertz CT molecular complexity index is 626. The van der Waals surface area contributed by atoms with Gasteiger partial charge in [0.25, 0.3) is 5.78 Å². The highest BCUT2D eigenvalue weighted by molar-refractivity contribution is 5.73. The summed E-state index contributed by atoms with van der Waals surface area (Å²) >= 11 is 0. The lowest BCUT2D eigenvalue weighted by atomic mass is 10.2. The summed E-state index contributed by atoms with van der Waals surface area (Å²) in [5, 5.41) is 15.9. The molecule has 8 nitrogen and oxygen atoms in total. The summed E-state index contributed by atoms with van der Waals surface area (Å²) in [4.78, 5) is 19.1. The molecule has 0 bridgehead atoms. The van der Waals surface area contributed by atoms with Crippen LogP contribution in [0.4, 0.5) is 0 Å². The molecule has 2 aromatic heterocycles. The Morgan fingerprint density at radius 2 is 2.47 bits per heavy atom. The predicted octanol–water partition coefficient (Wildman–Crippen LogP) is -0.373. The molecule has 8 heteroatoms. The molecule has 1 aliphatic heterocycles. The van der Waals surface area contributed by atoms with E-state index in [1.807, 2.05) is 6.92 Å². The standard InChI is InChI=1S/C11H13N5O3/c1-6-2-9(16-11(15-6)13-5-14-16)19-7-3-8(10(17)18)12-4-7/h2,5,7-8,12H,3-4H2,1H3,(H,17,18). The van der Waals surface area contributed by atoms with Crippen LogP contribution in [0, 0.1) is 6.92 Å². The van der Waals surface area contributed by atoms with Gasteiger partial charge in [-0.15, -0.1) is 0 Å². The number of aliphatic carboxylic acids is 1. The maximum Gasteiger partial charge on any atom is 0.320 e. The molecule has 19 heavy (non-hydrogen) atoms. The van der Waals surface area contributed by atoms with E-state index >= 15 is 0 Å². The van der Waals surface area contributed by atoms with Crippen molar-refractivity contribution in [3.05, 3.63) is 18.1 Å². The molecule has 1 saturated heterocycles. The summed E-state index contributed by atoms with van der Waals surface area (Å²) in [7, 11) is 0. The summed E-state index contributed by atoms with van der Waals surface area (Å²) in [5.41, 5.74) is 0.774. The number of aromatic nitrogens is 4. The maximum absolute atomic E-state index is 10.9. The zero-order valence-electron chi connectivity index (χ0n) is 10.3. The largest absolute Gasteiger partial charge is 0.480 e. The number of hydrogen-bond acceptors (Lipinski definition) is 6. The minimum Gasteiger partial charge on any atom is -0.480 e. The minimum atomic E-state index is -0.858. The molecule has 0 aliphatic carbocycles. The Morgan fingerprint density at radius 1 is 1.63 bits per heavy atom. The number of carbonyl (C=O) groups is 1. The van der Waals surface area contributed by atoms with Crippen LogP contribution in [-0.2, 0) is 4.79 Å². The third-order valence-electron chi connectivity index (χ3n) is 3.02. The van der Waals surface area contributed by atoms with E-state index in [4.69, 9.17) is 9.84 Å². The Labute approximate surface area is 108 Å². The number of fused-ring (bicyclic) bond motifs is 1. The second-order valence-electron chi connectivity index (χ2n) is 4.48. The van der Waals surface area contributed by atoms with Crippen LogP contribution in [0.5, 0.6) is 5.88 Å². The second-order valence-corrected chi connectivity index (χ2v) is 4.48. The van der Waals surface area contributed by atoms with Gasteiger partial charge < -0.3 is 15.2 Å². The first-order chi connectivity index (χ1) is 9.13. The van der Waals surface area contributed by atoms with Crippen LogP contribution in [0.25, 0.3) is 5.78 Å². The highest BCUT2D eigenvalue weighted by Gasteiger charge is 2.31. The molecule has 2 N–H and O–H groups in total. The minimum absolute atomic E-state index is 0.199. The molecule has 1 aliphatic rings. The van der Waals surface area contributed by atoms with Gasteiger partial charge in [0, 0.05) is 24.7 Å². The molecule has 3 heterocycles.